The van der Waals surface area contributed by atoms with E-state index < -0.39 is 11.0 Å². The monoisotopic (exact) mass is 636 g/mol. The van der Waals surface area contributed by atoms with Gasteiger partial charge in [-0.05, 0) is 92.2 Å². The zero-order chi connectivity index (χ0) is 32.8. The third-order valence-electron chi connectivity index (χ3n) is 10.5. The summed E-state index contributed by atoms with van der Waals surface area (Å²) < 4.78 is 18.4. The molecular weight excluding hydrogens is 584 g/mol. The van der Waals surface area contributed by atoms with Crippen LogP contribution in [0.2, 0.25) is 0 Å². The van der Waals surface area contributed by atoms with Crippen LogP contribution >= 0.6 is 0 Å². The Morgan fingerprint density at radius 3 is 2.50 bits per heavy atom. The van der Waals surface area contributed by atoms with Gasteiger partial charge in [0.1, 0.15) is 23.3 Å². The van der Waals surface area contributed by atoms with E-state index in [9.17, 15) is 9.59 Å². The number of nitrogens with zero attached hydrogens (tertiary/aromatic N) is 6. The molecule has 11 heteroatoms. The summed E-state index contributed by atoms with van der Waals surface area (Å²) in [6.45, 7) is 14.8. The van der Waals surface area contributed by atoms with Crippen LogP contribution in [0.3, 0.4) is 0 Å². The molecule has 11 nitrogen and oxygen atoms in total. The number of carbonyl (C=O) groups excluding carboxylic acids is 2. The molecule has 2 aliphatic heterocycles. The molecule has 0 aromatic carbocycles. The average molecular weight is 637 g/mol. The van der Waals surface area contributed by atoms with Crippen LogP contribution in [0, 0.1) is 5.92 Å². The molecule has 0 bridgehead atoms. The number of aromatic nitrogens is 3. The smallest absolute Gasteiger partial charge is 0.410 e. The maximum absolute atomic E-state index is 13.3. The Bertz CT molecular complexity index is 1430. The number of ether oxygens (including phenoxy) is 2. The Hall–Kier alpha value is -3.21. The third-order valence-corrected chi connectivity index (χ3v) is 10.5. The maximum Gasteiger partial charge on any atom is 0.410 e. The summed E-state index contributed by atoms with van der Waals surface area (Å²) >= 11 is 0. The van der Waals surface area contributed by atoms with Crippen molar-refractivity contribution in [3.8, 4) is 17.4 Å². The van der Waals surface area contributed by atoms with Gasteiger partial charge in [-0.15, -0.1) is 0 Å². The highest BCUT2D eigenvalue weighted by Crippen LogP contribution is 2.47. The molecule has 3 fully saturated rings. The van der Waals surface area contributed by atoms with Crippen LogP contribution in [0.5, 0.6) is 5.88 Å². The van der Waals surface area contributed by atoms with Crippen molar-refractivity contribution in [3.63, 3.8) is 0 Å². The van der Waals surface area contributed by atoms with Crippen LogP contribution in [0.4, 0.5) is 10.6 Å². The molecule has 2 saturated heterocycles. The number of likely N-dealkylation sites (tertiary alicyclic amines) is 1. The average Bonchev–Trinajstić information content (AvgIpc) is 3.64. The van der Waals surface area contributed by atoms with E-state index in [-0.39, 0.29) is 29.9 Å². The second kappa shape index (κ2) is 12.8. The van der Waals surface area contributed by atoms with Crippen LogP contribution in [-0.4, -0.2) is 93.8 Å². The normalized spacial score (nSPS) is 26.5. The molecule has 1 unspecified atom stereocenters. The highest BCUT2D eigenvalue weighted by atomic mass is 16.6. The summed E-state index contributed by atoms with van der Waals surface area (Å²) in [4.78, 5) is 43.0. The molecule has 46 heavy (non-hydrogen) atoms. The number of hydrogen-bond acceptors (Lipinski definition) is 10. The molecule has 252 valence electrons. The summed E-state index contributed by atoms with van der Waals surface area (Å²) in [5.74, 6) is 2.90. The standard InChI is InChI=1S/C35H52N6O5/c1-22(2)26-21-40(18-19-41(26)33(43)45-34(4,5)6)28-20-29(44-23(3)25-13-11-17-39(25)7)37-32(36-28)30-24-12-10-16-35(31(24)46-38-30)15-9-8-14-27(35)42/h20,22-23,25-26H,8-19,21H2,1-7H3/t23-,25-,26?,35+/m0/s1. The fourth-order valence-corrected chi connectivity index (χ4v) is 8.04. The number of likely N-dealkylation sites (N-methyl/N-ethyl adjacent to an activating group) is 1. The zero-order valence-electron chi connectivity index (χ0n) is 28.8. The second-order valence-corrected chi connectivity index (χ2v) is 15.2. The number of anilines is 1. The van der Waals surface area contributed by atoms with Crippen molar-refractivity contribution in [2.75, 3.05) is 38.1 Å². The number of Topliss-reactive ketones (excluding diaryl/α,β-unsaturated/α-hetero) is 1. The van der Waals surface area contributed by atoms with Gasteiger partial charge in [0.15, 0.2) is 17.3 Å². The molecule has 4 atom stereocenters. The van der Waals surface area contributed by atoms with Gasteiger partial charge >= 0.3 is 6.09 Å². The topological polar surface area (TPSA) is 114 Å². The van der Waals surface area contributed by atoms with Gasteiger partial charge in [0.05, 0.1) is 11.5 Å². The Morgan fingerprint density at radius 1 is 1.02 bits per heavy atom. The quantitative estimate of drug-likeness (QED) is 0.386. The molecule has 4 heterocycles. The third kappa shape index (κ3) is 6.36. The minimum Gasteiger partial charge on any atom is -0.473 e. The lowest BCUT2D eigenvalue weighted by Gasteiger charge is -2.44. The fraction of sp³-hybridized carbons (Fsp3) is 0.743. The van der Waals surface area contributed by atoms with Gasteiger partial charge in [0.2, 0.25) is 5.88 Å². The Labute approximate surface area is 273 Å². The van der Waals surface area contributed by atoms with Gasteiger partial charge in [0.25, 0.3) is 0 Å². The summed E-state index contributed by atoms with van der Waals surface area (Å²) in [7, 11) is 2.15. The number of amides is 1. The van der Waals surface area contributed by atoms with Crippen LogP contribution in [0.15, 0.2) is 10.6 Å². The Morgan fingerprint density at radius 2 is 1.80 bits per heavy atom. The largest absolute Gasteiger partial charge is 0.473 e. The van der Waals surface area contributed by atoms with Crippen LogP contribution in [0.1, 0.15) is 104 Å². The van der Waals surface area contributed by atoms with Gasteiger partial charge < -0.3 is 23.8 Å². The van der Waals surface area contributed by atoms with E-state index in [1.54, 1.807) is 0 Å². The predicted octanol–water partition coefficient (Wildman–Crippen LogP) is 5.79. The maximum atomic E-state index is 13.3. The van der Waals surface area contributed by atoms with E-state index in [1.165, 1.54) is 0 Å². The van der Waals surface area contributed by atoms with Crippen molar-refractivity contribution in [1.82, 2.24) is 24.9 Å². The first-order valence-electron chi connectivity index (χ1n) is 17.4. The lowest BCUT2D eigenvalue weighted by atomic mass is 9.64. The Balaban J connectivity index is 1.35. The van der Waals surface area contributed by atoms with Crippen LogP contribution < -0.4 is 9.64 Å². The minimum atomic E-state index is -0.571. The molecule has 0 N–H and O–H groups in total. The van der Waals surface area contributed by atoms with Crippen molar-refractivity contribution < 1.29 is 23.6 Å². The minimum absolute atomic E-state index is 0.0607. The molecule has 1 amide bonds. The highest BCUT2D eigenvalue weighted by Gasteiger charge is 2.48. The number of piperazine rings is 1. The molecule has 0 radical (unpaired) electrons. The van der Waals surface area contributed by atoms with Crippen LogP contribution in [0.25, 0.3) is 11.5 Å². The molecular formula is C35H52N6O5. The van der Waals surface area contributed by atoms with E-state index in [0.717, 1.165) is 75.1 Å². The fourth-order valence-electron chi connectivity index (χ4n) is 8.04. The zero-order valence-corrected chi connectivity index (χ0v) is 28.8. The molecule has 1 saturated carbocycles. The Kier molecular flexibility index (Phi) is 9.08. The van der Waals surface area contributed by atoms with E-state index >= 15 is 0 Å². The first-order valence-corrected chi connectivity index (χ1v) is 17.4. The molecule has 2 aliphatic carbocycles. The van der Waals surface area contributed by atoms with E-state index in [4.69, 9.17) is 24.0 Å². The lowest BCUT2D eigenvalue weighted by molar-refractivity contribution is -0.128. The van der Waals surface area contributed by atoms with Gasteiger partial charge in [0, 0.05) is 43.7 Å². The number of rotatable bonds is 6. The molecule has 2 aromatic rings. The lowest BCUT2D eigenvalue weighted by Crippen LogP contribution is -2.58. The number of ketones is 1. The molecule has 2 aromatic heterocycles. The molecule has 6 rings (SSSR count). The predicted molar refractivity (Wildman–Crippen MR) is 175 cm³/mol. The SMILES string of the molecule is CC(C)C1CN(c2cc(O[C@@H](C)[C@@H]3CCCN3C)nc(-c3noc4c3CCC[C@@]43CCCCC3=O)n2)CCN1C(=O)OC(C)(C)C. The summed E-state index contributed by atoms with van der Waals surface area (Å²) in [5.41, 5.74) is 0.434. The summed E-state index contributed by atoms with van der Waals surface area (Å²) in [6.07, 6.45) is 7.75. The van der Waals surface area contributed by atoms with Crippen molar-refractivity contribution >= 4 is 17.7 Å². The van der Waals surface area contributed by atoms with E-state index in [0.29, 0.717) is 49.5 Å². The van der Waals surface area contributed by atoms with Gasteiger partial charge in [-0.1, -0.05) is 25.4 Å². The summed E-state index contributed by atoms with van der Waals surface area (Å²) in [6, 6.07) is 2.17. The summed E-state index contributed by atoms with van der Waals surface area (Å²) in [5, 5.41) is 4.56. The van der Waals surface area contributed by atoms with Crippen molar-refractivity contribution in [2.24, 2.45) is 5.92 Å². The van der Waals surface area contributed by atoms with E-state index in [1.807, 2.05) is 31.7 Å². The van der Waals surface area contributed by atoms with Crippen molar-refractivity contribution in [2.45, 2.75) is 129 Å². The number of fused-ring (bicyclic) bond motifs is 2. The highest BCUT2D eigenvalue weighted by molar-refractivity contribution is 5.91. The van der Waals surface area contributed by atoms with Gasteiger partial charge in [-0.25, -0.2) is 9.78 Å². The number of hydrogen-bond donors (Lipinski definition) is 0. The van der Waals surface area contributed by atoms with Crippen molar-refractivity contribution in [3.05, 3.63) is 17.4 Å². The first kappa shape index (κ1) is 32.7. The van der Waals surface area contributed by atoms with E-state index in [2.05, 4.69) is 42.8 Å². The van der Waals surface area contributed by atoms with Gasteiger partial charge in [-0.3, -0.25) is 9.69 Å². The molecule has 4 aliphatic rings. The van der Waals surface area contributed by atoms with Gasteiger partial charge in [-0.2, -0.15) is 4.98 Å². The number of carbonyl (C=O) groups is 2. The second-order valence-electron chi connectivity index (χ2n) is 15.2. The molecule has 1 spiro atoms. The van der Waals surface area contributed by atoms with Crippen molar-refractivity contribution in [1.29, 1.82) is 0 Å². The van der Waals surface area contributed by atoms with Crippen LogP contribution in [-0.2, 0) is 21.4 Å². The first-order chi connectivity index (χ1) is 21.9.